The highest BCUT2D eigenvalue weighted by atomic mass is 32.1. The molecule has 6 nitrogen and oxygen atoms in total. The van der Waals surface area contributed by atoms with E-state index in [1.165, 1.54) is 28.1 Å². The molecule has 178 valence electrons. The SMILES string of the molecule is COc1ccc(CN2C(=S)NC(c3ccccn3)C2c2cc(C)n(Cc3ccncc3)c2C)cc1. The molecule has 1 aliphatic heterocycles. The Hall–Kier alpha value is -3.71. The molecule has 0 saturated carbocycles. The average molecular weight is 484 g/mol. The fourth-order valence-corrected chi connectivity index (χ4v) is 5.19. The van der Waals surface area contributed by atoms with Crippen molar-refractivity contribution in [2.45, 2.75) is 39.0 Å². The van der Waals surface area contributed by atoms with Crippen LogP contribution in [0.5, 0.6) is 5.75 Å². The molecule has 1 aliphatic rings. The number of thiocarbonyl (C=S) groups is 1. The van der Waals surface area contributed by atoms with Gasteiger partial charge in [0.1, 0.15) is 5.75 Å². The lowest BCUT2D eigenvalue weighted by Gasteiger charge is -2.28. The third kappa shape index (κ3) is 4.64. The van der Waals surface area contributed by atoms with Gasteiger partial charge in [0, 0.05) is 43.1 Å². The molecule has 0 radical (unpaired) electrons. The van der Waals surface area contributed by atoms with Crippen molar-refractivity contribution < 1.29 is 4.74 Å². The summed E-state index contributed by atoms with van der Waals surface area (Å²) in [7, 11) is 1.68. The molecular formula is C28H29N5OS. The highest BCUT2D eigenvalue weighted by Crippen LogP contribution is 2.41. The minimum atomic E-state index is -0.0446. The molecule has 2 unspecified atom stereocenters. The van der Waals surface area contributed by atoms with Gasteiger partial charge in [0.25, 0.3) is 0 Å². The quantitative estimate of drug-likeness (QED) is 0.368. The van der Waals surface area contributed by atoms with Crippen LogP contribution in [0.3, 0.4) is 0 Å². The standard InChI is InChI=1S/C28H29N5OS/c1-19-16-24(20(2)32(19)17-22-11-14-29-15-12-22)27-26(25-6-4-5-13-30-25)31-28(35)33(27)18-21-7-9-23(34-3)10-8-21/h4-16,26-27H,17-18H2,1-3H3,(H,31,35). The molecule has 2 atom stereocenters. The average Bonchev–Trinajstić information content (AvgIpc) is 3.36. The summed E-state index contributed by atoms with van der Waals surface area (Å²) in [6.07, 6.45) is 5.53. The summed E-state index contributed by atoms with van der Waals surface area (Å²) in [5.41, 5.74) is 7.09. The fourth-order valence-electron chi connectivity index (χ4n) is 4.88. The Morgan fingerprint density at radius 2 is 1.69 bits per heavy atom. The number of pyridine rings is 2. The van der Waals surface area contributed by atoms with Gasteiger partial charge in [-0.25, -0.2) is 0 Å². The lowest BCUT2D eigenvalue weighted by molar-refractivity contribution is 0.309. The van der Waals surface area contributed by atoms with Crippen LogP contribution in [0.1, 0.15) is 45.9 Å². The zero-order valence-corrected chi connectivity index (χ0v) is 21.0. The first-order valence-corrected chi connectivity index (χ1v) is 12.1. The predicted octanol–water partition coefficient (Wildman–Crippen LogP) is 5.12. The van der Waals surface area contributed by atoms with Crippen LogP contribution in [-0.2, 0) is 13.1 Å². The molecule has 0 aliphatic carbocycles. The van der Waals surface area contributed by atoms with Gasteiger partial charge in [-0.1, -0.05) is 18.2 Å². The number of hydrogen-bond donors (Lipinski definition) is 1. The topological polar surface area (TPSA) is 55.2 Å². The summed E-state index contributed by atoms with van der Waals surface area (Å²) >= 11 is 5.88. The summed E-state index contributed by atoms with van der Waals surface area (Å²) in [6, 6.07) is 20.6. The number of aryl methyl sites for hydroxylation is 1. The van der Waals surface area contributed by atoms with E-state index in [1.807, 2.05) is 42.9 Å². The Bertz CT molecular complexity index is 1300. The summed E-state index contributed by atoms with van der Waals surface area (Å²) < 4.78 is 7.71. The van der Waals surface area contributed by atoms with Crippen molar-refractivity contribution in [2.75, 3.05) is 7.11 Å². The van der Waals surface area contributed by atoms with Gasteiger partial charge in [-0.15, -0.1) is 0 Å². The van der Waals surface area contributed by atoms with Crippen LogP contribution < -0.4 is 10.1 Å². The maximum Gasteiger partial charge on any atom is 0.170 e. The lowest BCUT2D eigenvalue weighted by atomic mass is 9.96. The molecule has 0 amide bonds. The van der Waals surface area contributed by atoms with Crippen molar-refractivity contribution in [1.29, 1.82) is 0 Å². The second-order valence-corrected chi connectivity index (χ2v) is 9.26. The van der Waals surface area contributed by atoms with E-state index < -0.39 is 0 Å². The first kappa shape index (κ1) is 23.1. The van der Waals surface area contributed by atoms with Crippen LogP contribution in [0.15, 0.2) is 79.3 Å². The first-order chi connectivity index (χ1) is 17.0. The third-order valence-corrected chi connectivity index (χ3v) is 7.08. The summed E-state index contributed by atoms with van der Waals surface area (Å²) in [5.74, 6) is 0.846. The lowest BCUT2D eigenvalue weighted by Crippen LogP contribution is -2.29. The molecule has 1 fully saturated rings. The molecule has 3 aromatic heterocycles. The maximum atomic E-state index is 5.88. The molecule has 5 rings (SSSR count). The number of benzene rings is 1. The molecule has 0 bridgehead atoms. The monoisotopic (exact) mass is 483 g/mol. The minimum Gasteiger partial charge on any atom is -0.497 e. The van der Waals surface area contributed by atoms with Gasteiger partial charge in [-0.3, -0.25) is 9.97 Å². The van der Waals surface area contributed by atoms with Gasteiger partial charge < -0.3 is 19.5 Å². The van der Waals surface area contributed by atoms with Crippen LogP contribution in [-0.4, -0.2) is 31.7 Å². The van der Waals surface area contributed by atoms with E-state index in [9.17, 15) is 0 Å². The summed E-state index contributed by atoms with van der Waals surface area (Å²) in [5, 5.41) is 4.31. The molecule has 35 heavy (non-hydrogen) atoms. The molecule has 4 heterocycles. The summed E-state index contributed by atoms with van der Waals surface area (Å²) in [6.45, 7) is 5.86. The Morgan fingerprint density at radius 1 is 0.943 bits per heavy atom. The minimum absolute atomic E-state index is 0.0110. The largest absolute Gasteiger partial charge is 0.497 e. The van der Waals surface area contributed by atoms with Crippen LogP contribution in [0.25, 0.3) is 0 Å². The van der Waals surface area contributed by atoms with Gasteiger partial charge >= 0.3 is 0 Å². The number of rotatable bonds is 7. The van der Waals surface area contributed by atoms with Gasteiger partial charge in [0.2, 0.25) is 0 Å². The Labute approximate surface area is 211 Å². The Balaban J connectivity index is 1.54. The number of nitrogens with one attached hydrogen (secondary N) is 1. The number of methoxy groups -OCH3 is 1. The molecule has 0 spiro atoms. The molecule has 1 saturated heterocycles. The molecule has 7 heteroatoms. The van der Waals surface area contributed by atoms with Crippen LogP contribution >= 0.6 is 12.2 Å². The van der Waals surface area contributed by atoms with E-state index in [4.69, 9.17) is 17.0 Å². The first-order valence-electron chi connectivity index (χ1n) is 11.7. The van der Waals surface area contributed by atoms with E-state index in [0.29, 0.717) is 6.54 Å². The van der Waals surface area contributed by atoms with E-state index in [1.54, 1.807) is 7.11 Å². The van der Waals surface area contributed by atoms with Crippen molar-refractivity contribution in [3.05, 3.63) is 113 Å². The smallest absolute Gasteiger partial charge is 0.170 e. The summed E-state index contributed by atoms with van der Waals surface area (Å²) in [4.78, 5) is 11.1. The van der Waals surface area contributed by atoms with Gasteiger partial charge in [0.05, 0.1) is 24.9 Å². The van der Waals surface area contributed by atoms with Gasteiger partial charge in [-0.2, -0.15) is 0 Å². The highest BCUT2D eigenvalue weighted by Gasteiger charge is 2.41. The second kappa shape index (κ2) is 9.88. The van der Waals surface area contributed by atoms with Crippen LogP contribution in [0.4, 0.5) is 0 Å². The van der Waals surface area contributed by atoms with Crippen LogP contribution in [0, 0.1) is 13.8 Å². The maximum absolute atomic E-state index is 5.88. The molecule has 1 N–H and O–H groups in total. The van der Waals surface area contributed by atoms with Crippen LogP contribution in [0.2, 0.25) is 0 Å². The third-order valence-electron chi connectivity index (χ3n) is 6.73. The number of hydrogen-bond acceptors (Lipinski definition) is 4. The fraction of sp³-hybridized carbons (Fsp3) is 0.250. The van der Waals surface area contributed by atoms with E-state index in [2.05, 4.69) is 75.0 Å². The number of ether oxygens (including phenoxy) is 1. The Kier molecular flexibility index (Phi) is 6.51. The zero-order chi connectivity index (χ0) is 24.4. The zero-order valence-electron chi connectivity index (χ0n) is 20.2. The van der Waals surface area contributed by atoms with Gasteiger partial charge in [-0.05, 0) is 85.2 Å². The second-order valence-electron chi connectivity index (χ2n) is 8.87. The van der Waals surface area contributed by atoms with E-state index >= 15 is 0 Å². The predicted molar refractivity (Wildman–Crippen MR) is 141 cm³/mol. The number of aromatic nitrogens is 3. The van der Waals surface area contributed by atoms with Crippen molar-refractivity contribution in [2.24, 2.45) is 0 Å². The van der Waals surface area contributed by atoms with E-state index in [-0.39, 0.29) is 12.1 Å². The molecular weight excluding hydrogens is 454 g/mol. The normalized spacial score (nSPS) is 17.5. The van der Waals surface area contributed by atoms with Crippen molar-refractivity contribution in [1.82, 2.24) is 24.8 Å². The molecule has 4 aromatic rings. The van der Waals surface area contributed by atoms with E-state index in [0.717, 1.165) is 23.1 Å². The van der Waals surface area contributed by atoms with Crippen molar-refractivity contribution in [3.8, 4) is 5.75 Å². The van der Waals surface area contributed by atoms with Crippen molar-refractivity contribution >= 4 is 17.3 Å². The Morgan fingerprint density at radius 3 is 2.37 bits per heavy atom. The molecule has 1 aromatic carbocycles. The highest BCUT2D eigenvalue weighted by molar-refractivity contribution is 7.80. The van der Waals surface area contributed by atoms with Crippen molar-refractivity contribution in [3.63, 3.8) is 0 Å². The van der Waals surface area contributed by atoms with Gasteiger partial charge in [0.15, 0.2) is 5.11 Å². The number of nitrogens with zero attached hydrogens (tertiary/aromatic N) is 4.